The Morgan fingerprint density at radius 3 is 1.83 bits per heavy atom. The van der Waals surface area contributed by atoms with Crippen molar-refractivity contribution in [3.05, 3.63) is 167 Å². The minimum absolute atomic E-state index is 0.210. The first-order valence-corrected chi connectivity index (χ1v) is 15.8. The van der Waals surface area contributed by atoms with Gasteiger partial charge >= 0.3 is 0 Å². The van der Waals surface area contributed by atoms with Gasteiger partial charge in [0, 0.05) is 23.0 Å². The molecule has 0 unspecified atom stereocenters. The molecule has 6 nitrogen and oxygen atoms in total. The van der Waals surface area contributed by atoms with Gasteiger partial charge in [-0.3, -0.25) is 19.7 Å². The summed E-state index contributed by atoms with van der Waals surface area (Å²) in [6.45, 7) is 1.95. The van der Waals surface area contributed by atoms with Gasteiger partial charge in [-0.05, 0) is 53.4 Å². The van der Waals surface area contributed by atoms with Crippen LogP contribution < -0.4 is 15.1 Å². The van der Waals surface area contributed by atoms with Crippen molar-refractivity contribution in [3.63, 3.8) is 0 Å². The number of hydrogen-bond donors (Lipinski definition) is 1. The third-order valence-electron chi connectivity index (χ3n) is 10.1. The maximum Gasteiger partial charge on any atom is 0.253 e. The summed E-state index contributed by atoms with van der Waals surface area (Å²) in [6.07, 6.45) is 0. The highest BCUT2D eigenvalue weighted by Gasteiger charge is 2.79. The topological polar surface area (TPSA) is 69.7 Å². The zero-order chi connectivity index (χ0) is 32.3. The predicted octanol–water partition coefficient (Wildman–Crippen LogP) is 6.60. The van der Waals surface area contributed by atoms with E-state index in [0.717, 1.165) is 16.7 Å². The van der Waals surface area contributed by atoms with Gasteiger partial charge in [-0.1, -0.05) is 109 Å². The fourth-order valence-electron chi connectivity index (χ4n) is 8.37. The fourth-order valence-corrected chi connectivity index (χ4v) is 8.37. The van der Waals surface area contributed by atoms with E-state index in [1.807, 2.05) is 115 Å². The summed E-state index contributed by atoms with van der Waals surface area (Å²) < 4.78 is 15.5. The van der Waals surface area contributed by atoms with Crippen LogP contribution in [0.4, 0.5) is 15.8 Å². The quantitative estimate of drug-likeness (QED) is 0.232. The number of anilines is 2. The largest absolute Gasteiger partial charge is 0.307 e. The molecule has 1 saturated heterocycles. The maximum absolute atomic E-state index is 15.6. The number of nitrogens with zero attached hydrogens (tertiary/aromatic N) is 2. The van der Waals surface area contributed by atoms with E-state index in [2.05, 4.69) is 5.32 Å². The molecule has 5 aromatic rings. The Bertz CT molecular complexity index is 2040. The van der Waals surface area contributed by atoms with Crippen LogP contribution in [0.3, 0.4) is 0 Å². The van der Waals surface area contributed by atoms with Gasteiger partial charge in [-0.2, -0.15) is 0 Å². The average Bonchev–Trinajstić information content (AvgIpc) is 3.64. The fraction of sp³-hybridized carbons (Fsp3) is 0.175. The van der Waals surface area contributed by atoms with Crippen molar-refractivity contribution in [2.75, 3.05) is 9.80 Å². The Morgan fingerprint density at radius 2 is 1.21 bits per heavy atom. The average molecular weight is 622 g/mol. The third-order valence-corrected chi connectivity index (χ3v) is 10.1. The highest BCUT2D eigenvalue weighted by Crippen LogP contribution is 2.66. The van der Waals surface area contributed by atoms with Gasteiger partial charge < -0.3 is 9.80 Å². The lowest BCUT2D eigenvalue weighted by molar-refractivity contribution is -0.138. The summed E-state index contributed by atoms with van der Waals surface area (Å²) in [5.74, 6) is -2.51. The Hall–Kier alpha value is -5.40. The Morgan fingerprint density at radius 1 is 0.681 bits per heavy atom. The SMILES string of the molecule is CC(=O)[C@H]1[C@H](c2ccccc2)N[C@]2(C(=O)N(Cc3ccccc3)c3ccc(F)cc32)[C@]12C(=O)N(Cc1ccccc1)c1ccccc12. The summed E-state index contributed by atoms with van der Waals surface area (Å²) in [6, 6.07) is 39.7. The number of ketones is 1. The summed E-state index contributed by atoms with van der Waals surface area (Å²) in [7, 11) is 0. The van der Waals surface area contributed by atoms with Gasteiger partial charge in [0.15, 0.2) is 0 Å². The van der Waals surface area contributed by atoms with E-state index in [9.17, 15) is 4.79 Å². The van der Waals surface area contributed by atoms with Crippen LogP contribution in [0.2, 0.25) is 0 Å². The molecule has 8 rings (SSSR count). The second kappa shape index (κ2) is 10.9. The number of para-hydroxylation sites is 1. The first-order valence-electron chi connectivity index (χ1n) is 15.8. The summed E-state index contributed by atoms with van der Waals surface area (Å²) in [5.41, 5.74) is 1.11. The zero-order valence-electron chi connectivity index (χ0n) is 25.8. The van der Waals surface area contributed by atoms with Crippen LogP contribution in [0.5, 0.6) is 0 Å². The molecule has 47 heavy (non-hydrogen) atoms. The lowest BCUT2D eigenvalue weighted by Crippen LogP contribution is -2.63. The van der Waals surface area contributed by atoms with Crippen LogP contribution in [0.1, 0.15) is 40.8 Å². The number of benzene rings is 5. The molecular weight excluding hydrogens is 589 g/mol. The molecular formula is C40H32FN3O3. The van der Waals surface area contributed by atoms with Crippen LogP contribution in [0.15, 0.2) is 133 Å². The van der Waals surface area contributed by atoms with Crippen molar-refractivity contribution in [1.82, 2.24) is 5.32 Å². The van der Waals surface area contributed by atoms with Crippen LogP contribution in [-0.2, 0) is 38.4 Å². The molecule has 0 bridgehead atoms. The van der Waals surface area contributed by atoms with Crippen LogP contribution in [-0.4, -0.2) is 17.6 Å². The summed E-state index contributed by atoms with van der Waals surface area (Å²) in [4.78, 5) is 48.6. The molecule has 3 aliphatic heterocycles. The van der Waals surface area contributed by atoms with Crippen LogP contribution in [0, 0.1) is 11.7 Å². The molecule has 3 heterocycles. The highest BCUT2D eigenvalue weighted by molar-refractivity contribution is 6.21. The van der Waals surface area contributed by atoms with Crippen molar-refractivity contribution in [3.8, 4) is 0 Å². The molecule has 0 saturated carbocycles. The molecule has 232 valence electrons. The van der Waals surface area contributed by atoms with E-state index in [1.54, 1.807) is 15.9 Å². The molecule has 7 heteroatoms. The number of hydrogen-bond acceptors (Lipinski definition) is 4. The predicted molar refractivity (Wildman–Crippen MR) is 178 cm³/mol. The van der Waals surface area contributed by atoms with Crippen molar-refractivity contribution in [2.24, 2.45) is 5.92 Å². The zero-order valence-corrected chi connectivity index (χ0v) is 25.8. The number of nitrogens with one attached hydrogen (secondary N) is 1. The molecule has 2 amide bonds. The number of carbonyl (C=O) groups excluding carboxylic acids is 3. The van der Waals surface area contributed by atoms with Crippen LogP contribution in [0.25, 0.3) is 0 Å². The van der Waals surface area contributed by atoms with Gasteiger partial charge in [0.25, 0.3) is 5.91 Å². The molecule has 0 radical (unpaired) electrons. The Kier molecular flexibility index (Phi) is 6.70. The standard InChI is InChI=1S/C40H32FN3O3/c1-26(45)35-36(29-17-9-4-10-18-29)42-40(32-23-30(41)21-22-34(32)44(38(40)47)25-28-15-7-3-8-16-28)39(35)31-19-11-12-20-33(31)43(37(39)46)24-27-13-5-2-6-14-27/h2-23,35-36,42H,24-25H2,1H3/t35-,36-,39-,40+/m0/s1. The van der Waals surface area contributed by atoms with Gasteiger partial charge in [0.2, 0.25) is 5.91 Å². The van der Waals surface area contributed by atoms with Crippen molar-refractivity contribution in [2.45, 2.75) is 37.0 Å². The molecule has 3 aliphatic rings. The Labute approximate surface area is 272 Å². The van der Waals surface area contributed by atoms with E-state index in [4.69, 9.17) is 0 Å². The number of amides is 2. The minimum Gasteiger partial charge on any atom is -0.307 e. The molecule has 4 atom stereocenters. The molecule has 5 aromatic carbocycles. The third kappa shape index (κ3) is 4.02. The van der Waals surface area contributed by atoms with E-state index >= 15 is 14.0 Å². The highest BCUT2D eigenvalue weighted by atomic mass is 19.1. The van der Waals surface area contributed by atoms with Crippen molar-refractivity contribution < 1.29 is 18.8 Å². The smallest absolute Gasteiger partial charge is 0.253 e. The normalized spacial score (nSPS) is 24.3. The lowest BCUT2D eigenvalue weighted by Gasteiger charge is -2.41. The van der Waals surface area contributed by atoms with Crippen LogP contribution >= 0.6 is 0 Å². The monoisotopic (exact) mass is 621 g/mol. The van der Waals surface area contributed by atoms with E-state index in [1.165, 1.54) is 19.1 Å². The molecule has 1 N–H and O–H groups in total. The van der Waals surface area contributed by atoms with Crippen molar-refractivity contribution in [1.29, 1.82) is 0 Å². The first-order chi connectivity index (χ1) is 22.9. The molecule has 0 aliphatic carbocycles. The number of carbonyl (C=O) groups is 3. The molecule has 2 spiro atoms. The summed E-state index contributed by atoms with van der Waals surface area (Å²) >= 11 is 0. The van der Waals surface area contributed by atoms with Gasteiger partial charge in [-0.15, -0.1) is 0 Å². The molecule has 0 aromatic heterocycles. The maximum atomic E-state index is 15.6. The number of Topliss-reactive ketones (excluding diaryl/α,β-unsaturated/α-hetero) is 1. The number of halogens is 1. The van der Waals surface area contributed by atoms with Crippen molar-refractivity contribution >= 4 is 29.0 Å². The Balaban J connectivity index is 1.44. The number of fused-ring (bicyclic) bond motifs is 5. The second-order valence-electron chi connectivity index (χ2n) is 12.6. The second-order valence-corrected chi connectivity index (χ2v) is 12.6. The van der Waals surface area contributed by atoms with Gasteiger partial charge in [-0.25, -0.2) is 4.39 Å². The van der Waals surface area contributed by atoms with E-state index in [-0.39, 0.29) is 24.8 Å². The molecule has 1 fully saturated rings. The van der Waals surface area contributed by atoms with Gasteiger partial charge in [0.05, 0.1) is 19.0 Å². The van der Waals surface area contributed by atoms with E-state index < -0.39 is 34.6 Å². The number of rotatable bonds is 6. The van der Waals surface area contributed by atoms with E-state index in [0.29, 0.717) is 22.5 Å². The first kappa shape index (κ1) is 29.0. The summed E-state index contributed by atoms with van der Waals surface area (Å²) in [5, 5.41) is 3.63. The van der Waals surface area contributed by atoms with Gasteiger partial charge in [0.1, 0.15) is 22.6 Å². The lowest BCUT2D eigenvalue weighted by atomic mass is 9.57. The minimum atomic E-state index is -1.80.